The van der Waals surface area contributed by atoms with Crippen molar-refractivity contribution in [3.8, 4) is 0 Å². The Morgan fingerprint density at radius 2 is 1.33 bits per heavy atom. The van der Waals surface area contributed by atoms with Gasteiger partial charge in [-0.15, -0.1) is 0 Å². The molecule has 1 fully saturated rings. The Morgan fingerprint density at radius 3 is 1.85 bits per heavy atom. The van der Waals surface area contributed by atoms with Gasteiger partial charge in [-0.05, 0) is 60.6 Å². The zero-order valence-corrected chi connectivity index (χ0v) is 21.4. The lowest BCUT2D eigenvalue weighted by Crippen LogP contribution is -2.51. The second-order valence-corrected chi connectivity index (χ2v) is 10.1. The molecule has 0 atom stereocenters. The summed E-state index contributed by atoms with van der Waals surface area (Å²) in [6, 6.07) is 20.9. The predicted molar refractivity (Wildman–Crippen MR) is 137 cm³/mol. The summed E-state index contributed by atoms with van der Waals surface area (Å²) in [5.74, 6) is -0.540. The van der Waals surface area contributed by atoms with Gasteiger partial charge >= 0.3 is 12.4 Å². The van der Waals surface area contributed by atoms with Crippen molar-refractivity contribution in [1.29, 1.82) is 0 Å². The van der Waals surface area contributed by atoms with Gasteiger partial charge in [-0.3, -0.25) is 4.79 Å². The smallest absolute Gasteiger partial charge is 0.336 e. The minimum absolute atomic E-state index is 0.0763. The molecule has 0 spiro atoms. The van der Waals surface area contributed by atoms with Crippen LogP contribution in [0.25, 0.3) is 0 Å². The maximum absolute atomic E-state index is 13.5. The Morgan fingerprint density at radius 1 is 0.821 bits per heavy atom. The number of hydrogen-bond donors (Lipinski definition) is 1. The van der Waals surface area contributed by atoms with Crippen LogP contribution in [0.5, 0.6) is 0 Å². The highest BCUT2D eigenvalue weighted by Crippen LogP contribution is 2.42. The van der Waals surface area contributed by atoms with Crippen LogP contribution in [0.4, 0.5) is 26.3 Å². The average molecular weight is 549 g/mol. The van der Waals surface area contributed by atoms with Gasteiger partial charge in [-0.25, -0.2) is 0 Å². The first-order valence-corrected chi connectivity index (χ1v) is 12.8. The Kier molecular flexibility index (Phi) is 8.39. The third-order valence-electron chi connectivity index (χ3n) is 7.58. The Bertz CT molecular complexity index is 1220. The molecule has 0 heterocycles. The summed E-state index contributed by atoms with van der Waals surface area (Å²) in [5.41, 5.74) is -1.85. The fraction of sp³-hybridized carbons (Fsp3) is 0.367. The van der Waals surface area contributed by atoms with Crippen LogP contribution in [-0.2, 0) is 35.7 Å². The third kappa shape index (κ3) is 6.82. The number of likely N-dealkylation sites (N-methyl/N-ethyl adjacent to an activating group) is 1. The molecule has 9 heteroatoms. The van der Waals surface area contributed by atoms with Crippen LogP contribution in [0.1, 0.15) is 53.5 Å². The minimum Gasteiger partial charge on any atom is -0.336 e. The van der Waals surface area contributed by atoms with E-state index < -0.39 is 41.3 Å². The lowest BCUT2D eigenvalue weighted by Gasteiger charge is -2.47. The van der Waals surface area contributed by atoms with Gasteiger partial charge in [0.25, 0.3) is 0 Å². The number of amides is 1. The van der Waals surface area contributed by atoms with Crippen LogP contribution in [0.3, 0.4) is 0 Å². The zero-order valence-electron chi connectivity index (χ0n) is 21.4. The Labute approximate surface area is 223 Å². The van der Waals surface area contributed by atoms with Crippen molar-refractivity contribution in [2.75, 3.05) is 7.05 Å². The number of halogens is 6. The van der Waals surface area contributed by atoms with Crippen LogP contribution in [0, 0.1) is 0 Å². The van der Waals surface area contributed by atoms with Gasteiger partial charge in [-0.2, -0.15) is 26.3 Å². The van der Waals surface area contributed by atoms with Crippen LogP contribution >= 0.6 is 0 Å². The Balaban J connectivity index is 1.55. The molecular formula is C30H30F6N2O. The van der Waals surface area contributed by atoms with E-state index in [1.165, 1.54) is 4.90 Å². The number of rotatable bonds is 7. The third-order valence-corrected chi connectivity index (χ3v) is 7.58. The minimum atomic E-state index is -4.97. The summed E-state index contributed by atoms with van der Waals surface area (Å²) in [6.07, 6.45) is -7.82. The molecule has 0 aliphatic heterocycles. The number of alkyl halides is 6. The molecule has 39 heavy (non-hydrogen) atoms. The lowest BCUT2D eigenvalue weighted by molar-refractivity contribution is -0.144. The van der Waals surface area contributed by atoms with Crippen molar-refractivity contribution < 1.29 is 31.1 Å². The SMILES string of the molecule is CN(C(=O)Cc1cc(C(F)(F)F)cc(C(F)(F)F)c1)C1(c2ccccc2)CCC(NCc2ccccc2)CC1. The summed E-state index contributed by atoms with van der Waals surface area (Å²) in [7, 11) is 1.59. The summed E-state index contributed by atoms with van der Waals surface area (Å²) in [4.78, 5) is 15.0. The van der Waals surface area contributed by atoms with E-state index in [4.69, 9.17) is 0 Å². The molecule has 0 saturated heterocycles. The molecule has 0 radical (unpaired) electrons. The van der Waals surface area contributed by atoms with Crippen molar-refractivity contribution in [3.63, 3.8) is 0 Å². The van der Waals surface area contributed by atoms with E-state index in [2.05, 4.69) is 5.32 Å². The van der Waals surface area contributed by atoms with Gasteiger partial charge in [0.1, 0.15) is 0 Å². The molecule has 1 N–H and O–H groups in total. The molecule has 208 valence electrons. The molecule has 3 nitrogen and oxygen atoms in total. The van der Waals surface area contributed by atoms with Crippen molar-refractivity contribution >= 4 is 5.91 Å². The van der Waals surface area contributed by atoms with Crippen molar-refractivity contribution in [2.24, 2.45) is 0 Å². The van der Waals surface area contributed by atoms with Crippen molar-refractivity contribution in [3.05, 3.63) is 107 Å². The zero-order chi connectivity index (χ0) is 28.3. The van der Waals surface area contributed by atoms with E-state index in [0.29, 0.717) is 31.5 Å². The number of hydrogen-bond acceptors (Lipinski definition) is 2. The van der Waals surface area contributed by atoms with E-state index in [1.54, 1.807) is 7.05 Å². The first-order chi connectivity index (χ1) is 18.4. The molecule has 1 saturated carbocycles. The Hall–Kier alpha value is -3.33. The molecule has 1 aliphatic rings. The molecule has 0 unspecified atom stereocenters. The second-order valence-electron chi connectivity index (χ2n) is 10.1. The maximum atomic E-state index is 13.5. The first kappa shape index (κ1) is 28.7. The largest absolute Gasteiger partial charge is 0.416 e. The maximum Gasteiger partial charge on any atom is 0.416 e. The second kappa shape index (κ2) is 11.4. The number of nitrogens with one attached hydrogen (secondary N) is 1. The van der Waals surface area contributed by atoms with E-state index in [0.717, 1.165) is 24.0 Å². The van der Waals surface area contributed by atoms with Gasteiger partial charge in [0.15, 0.2) is 0 Å². The van der Waals surface area contributed by atoms with Crippen LogP contribution < -0.4 is 5.32 Å². The fourth-order valence-corrected chi connectivity index (χ4v) is 5.38. The highest BCUT2D eigenvalue weighted by Gasteiger charge is 2.43. The summed E-state index contributed by atoms with van der Waals surface area (Å²) < 4.78 is 80.1. The molecule has 3 aromatic carbocycles. The molecule has 0 aromatic heterocycles. The molecular weight excluding hydrogens is 518 g/mol. The van der Waals surface area contributed by atoms with E-state index >= 15 is 0 Å². The first-order valence-electron chi connectivity index (χ1n) is 12.8. The van der Waals surface area contributed by atoms with Crippen LogP contribution in [-0.4, -0.2) is 23.9 Å². The molecule has 4 rings (SSSR count). The summed E-state index contributed by atoms with van der Waals surface area (Å²) in [5, 5.41) is 3.56. The summed E-state index contributed by atoms with van der Waals surface area (Å²) >= 11 is 0. The normalized spacial score (nSPS) is 20.0. The van der Waals surface area contributed by atoms with E-state index in [-0.39, 0.29) is 17.7 Å². The van der Waals surface area contributed by atoms with Gasteiger partial charge in [0, 0.05) is 19.6 Å². The quantitative estimate of drug-likeness (QED) is 0.313. The lowest BCUT2D eigenvalue weighted by atomic mass is 9.73. The van der Waals surface area contributed by atoms with Gasteiger partial charge in [0.2, 0.25) is 5.91 Å². The average Bonchev–Trinajstić information content (AvgIpc) is 2.91. The molecule has 1 aliphatic carbocycles. The number of carbonyl (C=O) groups excluding carboxylic acids is 1. The molecule has 1 amide bonds. The van der Waals surface area contributed by atoms with Crippen LogP contribution in [0.15, 0.2) is 78.9 Å². The monoisotopic (exact) mass is 548 g/mol. The highest BCUT2D eigenvalue weighted by atomic mass is 19.4. The number of nitrogens with zero attached hydrogens (tertiary/aromatic N) is 1. The standard InChI is InChI=1S/C30H30F6N2O/c1-38(27(39)18-22-16-24(29(31,32)33)19-25(17-22)30(34,35)36)28(23-10-6-3-7-11-23)14-12-26(13-15-28)37-20-21-8-4-2-5-9-21/h2-11,16-17,19,26,37H,12-15,18,20H2,1H3. The number of benzene rings is 3. The van der Waals surface area contributed by atoms with Gasteiger partial charge in [0.05, 0.1) is 23.1 Å². The van der Waals surface area contributed by atoms with E-state index in [9.17, 15) is 31.1 Å². The van der Waals surface area contributed by atoms with Gasteiger partial charge in [-0.1, -0.05) is 60.7 Å². The van der Waals surface area contributed by atoms with Gasteiger partial charge < -0.3 is 10.2 Å². The van der Waals surface area contributed by atoms with Crippen LogP contribution in [0.2, 0.25) is 0 Å². The molecule has 0 bridgehead atoms. The van der Waals surface area contributed by atoms with Crippen molar-refractivity contribution in [1.82, 2.24) is 10.2 Å². The van der Waals surface area contributed by atoms with E-state index in [1.807, 2.05) is 60.7 Å². The molecule has 3 aromatic rings. The predicted octanol–water partition coefficient (Wildman–Crippen LogP) is 7.35. The summed E-state index contributed by atoms with van der Waals surface area (Å²) in [6.45, 7) is 0.704. The fourth-order valence-electron chi connectivity index (χ4n) is 5.38. The highest BCUT2D eigenvalue weighted by molar-refractivity contribution is 5.79. The number of carbonyl (C=O) groups is 1. The van der Waals surface area contributed by atoms with Crippen molar-refractivity contribution in [2.45, 2.75) is 62.6 Å². The topological polar surface area (TPSA) is 32.3 Å².